The van der Waals surface area contributed by atoms with E-state index in [1.807, 2.05) is 52.8 Å². The van der Waals surface area contributed by atoms with E-state index in [4.69, 9.17) is 4.74 Å². The molecule has 3 amide bonds. The van der Waals surface area contributed by atoms with Crippen LogP contribution in [0, 0.1) is 13.8 Å². The largest absolute Gasteiger partial charge is 0.444 e. The molecule has 1 atom stereocenters. The highest BCUT2D eigenvalue weighted by molar-refractivity contribution is 5.91. The van der Waals surface area contributed by atoms with Crippen LogP contribution in [0.4, 0.5) is 4.79 Å². The summed E-state index contributed by atoms with van der Waals surface area (Å²) >= 11 is 0. The molecule has 1 aliphatic carbocycles. The van der Waals surface area contributed by atoms with Crippen LogP contribution in [0.3, 0.4) is 0 Å². The maximum absolute atomic E-state index is 13.9. The molecule has 196 valence electrons. The topological polar surface area (TPSA) is 87.7 Å². The maximum Gasteiger partial charge on any atom is 0.408 e. The zero-order chi connectivity index (χ0) is 26.4. The smallest absolute Gasteiger partial charge is 0.408 e. The van der Waals surface area contributed by atoms with Crippen LogP contribution >= 0.6 is 0 Å². The van der Waals surface area contributed by atoms with E-state index in [9.17, 15) is 14.4 Å². The average molecular weight is 488 g/mol. The lowest BCUT2D eigenvalue weighted by atomic mass is 9.89. The van der Waals surface area contributed by atoms with Gasteiger partial charge in [-0.15, -0.1) is 0 Å². The Kier molecular flexibility index (Phi) is 9.76. The first-order valence-electron chi connectivity index (χ1n) is 12.9. The third-order valence-electron chi connectivity index (χ3n) is 6.75. The summed E-state index contributed by atoms with van der Waals surface area (Å²) in [4.78, 5) is 41.5. The summed E-state index contributed by atoms with van der Waals surface area (Å²) in [5.74, 6) is -0.498. The third kappa shape index (κ3) is 8.25. The molecule has 7 heteroatoms. The van der Waals surface area contributed by atoms with Crippen LogP contribution < -0.4 is 10.6 Å². The Morgan fingerprint density at radius 2 is 1.69 bits per heavy atom. The first-order valence-corrected chi connectivity index (χ1v) is 12.9. The molecule has 0 aromatic heterocycles. The number of carbonyl (C=O) groups is 3. The summed E-state index contributed by atoms with van der Waals surface area (Å²) in [7, 11) is 0. The fourth-order valence-corrected chi connectivity index (χ4v) is 4.61. The minimum Gasteiger partial charge on any atom is -0.444 e. The van der Waals surface area contributed by atoms with Crippen molar-refractivity contribution in [1.29, 1.82) is 0 Å². The van der Waals surface area contributed by atoms with Crippen LogP contribution in [0.2, 0.25) is 0 Å². The highest BCUT2D eigenvalue weighted by atomic mass is 16.6. The number of amides is 3. The molecule has 0 bridgehead atoms. The van der Waals surface area contributed by atoms with Crippen LogP contribution in [0.5, 0.6) is 0 Å². The van der Waals surface area contributed by atoms with E-state index < -0.39 is 23.3 Å². The predicted octanol–water partition coefficient (Wildman–Crippen LogP) is 5.34. The number of hydrogen-bond acceptors (Lipinski definition) is 4. The van der Waals surface area contributed by atoms with E-state index in [0.717, 1.165) is 42.4 Å². The van der Waals surface area contributed by atoms with Crippen LogP contribution in [-0.4, -0.2) is 46.5 Å². The van der Waals surface area contributed by atoms with Gasteiger partial charge in [-0.3, -0.25) is 9.59 Å². The molecule has 2 N–H and O–H groups in total. The molecule has 1 aromatic carbocycles. The van der Waals surface area contributed by atoms with Crippen molar-refractivity contribution in [3.63, 3.8) is 0 Å². The first-order chi connectivity index (χ1) is 16.2. The number of hydrogen-bond donors (Lipinski definition) is 2. The Morgan fingerprint density at radius 3 is 2.23 bits per heavy atom. The quantitative estimate of drug-likeness (QED) is 0.518. The molecule has 1 unspecified atom stereocenters. The van der Waals surface area contributed by atoms with Crippen molar-refractivity contribution in [2.75, 3.05) is 6.54 Å². The zero-order valence-electron chi connectivity index (χ0n) is 22.9. The van der Waals surface area contributed by atoms with Crippen LogP contribution in [0.1, 0.15) is 103 Å². The van der Waals surface area contributed by atoms with Crippen molar-refractivity contribution < 1.29 is 19.1 Å². The monoisotopic (exact) mass is 487 g/mol. The second kappa shape index (κ2) is 11.9. The molecule has 0 saturated heterocycles. The number of nitrogens with zero attached hydrogens (tertiary/aromatic N) is 1. The standard InChI is InChI=1S/C28H45N3O4/c1-9-28(7,8)31(23(32)18-29-26(34)35-27(4,5)6)24(22-16-15-19(2)17-20(22)3)25(33)30-21-13-11-10-12-14-21/h15-17,21,24H,9-14,18H2,1-8H3,(H,29,34)(H,30,33). The second-order valence-corrected chi connectivity index (χ2v) is 11.4. The number of ether oxygens (including phenoxy) is 1. The maximum atomic E-state index is 13.9. The van der Waals surface area contributed by atoms with Gasteiger partial charge in [-0.25, -0.2) is 4.79 Å². The molecule has 35 heavy (non-hydrogen) atoms. The SMILES string of the molecule is CCC(C)(C)N(C(=O)CNC(=O)OC(C)(C)C)C(C(=O)NC1CCCCC1)c1ccc(C)cc1C. The minimum absolute atomic E-state index is 0.117. The summed E-state index contributed by atoms with van der Waals surface area (Å²) in [6.07, 6.45) is 5.28. The lowest BCUT2D eigenvalue weighted by Crippen LogP contribution is -2.57. The van der Waals surface area contributed by atoms with Gasteiger partial charge in [-0.2, -0.15) is 0 Å². The molecular weight excluding hydrogens is 442 g/mol. The van der Waals surface area contributed by atoms with Crippen molar-refractivity contribution in [3.8, 4) is 0 Å². The van der Waals surface area contributed by atoms with E-state index in [0.29, 0.717) is 6.42 Å². The fourth-order valence-electron chi connectivity index (χ4n) is 4.61. The lowest BCUT2D eigenvalue weighted by molar-refractivity contribution is -0.147. The van der Waals surface area contributed by atoms with Crippen molar-refractivity contribution >= 4 is 17.9 Å². The molecule has 0 radical (unpaired) electrons. The highest BCUT2D eigenvalue weighted by Crippen LogP contribution is 2.33. The number of rotatable bonds is 8. The number of alkyl carbamates (subject to hydrolysis) is 1. The Hall–Kier alpha value is -2.57. The summed E-state index contributed by atoms with van der Waals surface area (Å²) in [6, 6.07) is 5.27. The molecule has 2 rings (SSSR count). The zero-order valence-corrected chi connectivity index (χ0v) is 22.9. The van der Waals surface area contributed by atoms with Crippen LogP contribution in [-0.2, 0) is 14.3 Å². The second-order valence-electron chi connectivity index (χ2n) is 11.4. The molecule has 0 heterocycles. The van der Waals surface area contributed by atoms with Gasteiger partial charge < -0.3 is 20.3 Å². The van der Waals surface area contributed by atoms with Crippen molar-refractivity contribution in [1.82, 2.24) is 15.5 Å². The van der Waals surface area contributed by atoms with Gasteiger partial charge in [0.15, 0.2) is 0 Å². The Labute approximate surface area is 211 Å². The average Bonchev–Trinajstić information content (AvgIpc) is 2.75. The van der Waals surface area contributed by atoms with E-state index in [1.54, 1.807) is 25.7 Å². The third-order valence-corrected chi connectivity index (χ3v) is 6.75. The molecule has 1 aliphatic rings. The molecule has 0 aliphatic heterocycles. The summed E-state index contributed by atoms with van der Waals surface area (Å²) in [5, 5.41) is 5.82. The van der Waals surface area contributed by atoms with Crippen molar-refractivity contribution in [3.05, 3.63) is 34.9 Å². The number of nitrogens with one attached hydrogen (secondary N) is 2. The van der Waals surface area contributed by atoms with Crippen molar-refractivity contribution in [2.24, 2.45) is 0 Å². The van der Waals surface area contributed by atoms with Gasteiger partial charge >= 0.3 is 6.09 Å². The number of benzene rings is 1. The number of carbonyl (C=O) groups excluding carboxylic acids is 3. The van der Waals surface area contributed by atoms with Gasteiger partial charge in [-0.05, 0) is 78.9 Å². The first kappa shape index (κ1) is 28.7. The summed E-state index contributed by atoms with van der Waals surface area (Å²) in [6.45, 7) is 15.0. The summed E-state index contributed by atoms with van der Waals surface area (Å²) in [5.41, 5.74) is 1.56. The van der Waals surface area contributed by atoms with E-state index in [-0.39, 0.29) is 24.4 Å². The fraction of sp³-hybridized carbons (Fsp3) is 0.679. The number of aryl methyl sites for hydroxylation is 2. The molecular formula is C28H45N3O4. The van der Waals surface area contributed by atoms with Gasteiger partial charge in [0.2, 0.25) is 11.8 Å². The lowest BCUT2D eigenvalue weighted by Gasteiger charge is -2.44. The van der Waals surface area contributed by atoms with Crippen molar-refractivity contribution in [2.45, 2.75) is 117 Å². The highest BCUT2D eigenvalue weighted by Gasteiger charge is 2.41. The van der Waals surface area contributed by atoms with Crippen LogP contribution in [0.25, 0.3) is 0 Å². The Morgan fingerprint density at radius 1 is 1.06 bits per heavy atom. The molecule has 0 spiro atoms. The van der Waals surface area contributed by atoms with Gasteiger partial charge in [0.25, 0.3) is 0 Å². The Balaban J connectivity index is 2.43. The summed E-state index contributed by atoms with van der Waals surface area (Å²) < 4.78 is 5.31. The van der Waals surface area contributed by atoms with Gasteiger partial charge in [0.05, 0.1) is 0 Å². The normalized spacial score (nSPS) is 15.8. The minimum atomic E-state index is -0.805. The molecule has 1 saturated carbocycles. The van der Waals surface area contributed by atoms with Gasteiger partial charge in [0.1, 0.15) is 18.2 Å². The molecule has 1 fully saturated rings. The van der Waals surface area contributed by atoms with E-state index >= 15 is 0 Å². The van der Waals surface area contributed by atoms with E-state index in [2.05, 4.69) is 10.6 Å². The van der Waals surface area contributed by atoms with E-state index in [1.165, 1.54) is 6.42 Å². The Bertz CT molecular complexity index is 898. The van der Waals surface area contributed by atoms with Gasteiger partial charge in [-0.1, -0.05) is 49.9 Å². The predicted molar refractivity (Wildman–Crippen MR) is 139 cm³/mol. The van der Waals surface area contributed by atoms with Crippen LogP contribution in [0.15, 0.2) is 18.2 Å². The molecule has 1 aromatic rings. The molecule has 7 nitrogen and oxygen atoms in total. The van der Waals surface area contributed by atoms with Gasteiger partial charge in [0, 0.05) is 11.6 Å².